The molecule has 24 heavy (non-hydrogen) atoms. The molecule has 0 atom stereocenters. The van der Waals surface area contributed by atoms with Gasteiger partial charge in [-0.15, -0.1) is 0 Å². The predicted octanol–water partition coefficient (Wildman–Crippen LogP) is 2.17. The molecule has 0 spiro atoms. The van der Waals surface area contributed by atoms with Gasteiger partial charge in [-0.05, 0) is 18.6 Å². The topological polar surface area (TPSA) is 74.5 Å². The summed E-state index contributed by atoms with van der Waals surface area (Å²) in [6, 6.07) is 7.14. The molecule has 0 aliphatic heterocycles. The molecular weight excluding hydrogens is 310 g/mol. The van der Waals surface area contributed by atoms with E-state index in [1.807, 2.05) is 12.1 Å². The Morgan fingerprint density at radius 2 is 2.00 bits per heavy atom. The van der Waals surface area contributed by atoms with Crippen LogP contribution < -0.4 is 15.7 Å². The van der Waals surface area contributed by atoms with Crippen molar-refractivity contribution < 1.29 is 14.4 Å². The van der Waals surface area contributed by atoms with E-state index in [0.717, 1.165) is 30.5 Å². The molecule has 0 unspecified atom stereocenters. The van der Waals surface area contributed by atoms with Crippen molar-refractivity contribution >= 4 is 17.0 Å². The summed E-state index contributed by atoms with van der Waals surface area (Å²) in [5.41, 5.74) is 0.345. The van der Waals surface area contributed by atoms with Crippen LogP contribution in [0, 0.1) is 0 Å². The second-order valence-corrected chi connectivity index (χ2v) is 5.58. The second-order valence-electron chi connectivity index (χ2n) is 5.58. The fourth-order valence-corrected chi connectivity index (χ4v) is 2.52. The molecule has 0 saturated carbocycles. The highest BCUT2D eigenvalue weighted by molar-refractivity contribution is 5.78. The minimum atomic E-state index is -0.630. The first-order chi connectivity index (χ1) is 11.7. The number of carbonyl (C=O) groups excluding carboxylic acids is 1. The Morgan fingerprint density at radius 1 is 1.21 bits per heavy atom. The van der Waals surface area contributed by atoms with Crippen molar-refractivity contribution in [1.29, 1.82) is 0 Å². The molecule has 0 bridgehead atoms. The van der Waals surface area contributed by atoms with Crippen LogP contribution in [0.3, 0.4) is 0 Å². The Kier molecular flexibility index (Phi) is 6.87. The Labute approximate surface area is 141 Å². The van der Waals surface area contributed by atoms with Crippen LogP contribution in [0.15, 0.2) is 29.1 Å². The highest BCUT2D eigenvalue weighted by Gasteiger charge is 2.16. The van der Waals surface area contributed by atoms with Crippen LogP contribution in [-0.4, -0.2) is 35.9 Å². The number of nitrogens with one attached hydrogen (secondary N) is 1. The molecule has 0 fully saturated rings. The zero-order chi connectivity index (χ0) is 17.4. The van der Waals surface area contributed by atoms with Gasteiger partial charge in [-0.1, -0.05) is 43.2 Å². The summed E-state index contributed by atoms with van der Waals surface area (Å²) >= 11 is 0. The third-order valence-electron chi connectivity index (χ3n) is 3.78. The van der Waals surface area contributed by atoms with Crippen molar-refractivity contribution in [2.45, 2.75) is 39.2 Å². The van der Waals surface area contributed by atoms with Gasteiger partial charge >= 0.3 is 11.7 Å². The maximum atomic E-state index is 12.5. The zero-order valence-electron chi connectivity index (χ0n) is 14.3. The van der Waals surface area contributed by atoms with E-state index in [-0.39, 0.29) is 5.56 Å². The average molecular weight is 335 g/mol. The molecule has 0 aliphatic rings. The number of aromatic nitrogens is 2. The summed E-state index contributed by atoms with van der Waals surface area (Å²) in [6.45, 7) is 3.47. The highest BCUT2D eigenvalue weighted by Crippen LogP contribution is 2.10. The Morgan fingerprint density at radius 3 is 2.75 bits per heavy atom. The van der Waals surface area contributed by atoms with E-state index in [1.165, 1.54) is 0 Å². The maximum Gasteiger partial charge on any atom is 0.433 e. The summed E-state index contributed by atoms with van der Waals surface area (Å²) in [7, 11) is 1.58. The molecule has 1 N–H and O–H groups in total. The lowest BCUT2D eigenvalue weighted by atomic mass is 10.2. The standard InChI is InChI=1S/C17H25N3O4/c1-3-4-5-8-11-18-17(22)24-20-16(21)14-9-6-7-10-15(14)19(20)12-13-23-2/h6-7,9-10H,3-5,8,11-13H2,1-2H3,(H,18,22). The number of unbranched alkanes of at least 4 members (excludes halogenated alkanes) is 3. The van der Waals surface area contributed by atoms with Gasteiger partial charge in [0.05, 0.1) is 24.1 Å². The minimum absolute atomic E-state index is 0.358. The normalized spacial score (nSPS) is 10.9. The number of rotatable bonds is 9. The van der Waals surface area contributed by atoms with Crippen molar-refractivity contribution in [3.63, 3.8) is 0 Å². The molecule has 2 aromatic rings. The van der Waals surface area contributed by atoms with Crippen molar-refractivity contribution in [2.75, 3.05) is 20.3 Å². The summed E-state index contributed by atoms with van der Waals surface area (Å²) < 4.78 is 6.68. The number of fused-ring (bicyclic) bond motifs is 1. The van der Waals surface area contributed by atoms with E-state index in [9.17, 15) is 9.59 Å². The number of methoxy groups -OCH3 is 1. The van der Waals surface area contributed by atoms with Crippen LogP contribution in [0.1, 0.15) is 32.6 Å². The highest BCUT2D eigenvalue weighted by atomic mass is 16.7. The summed E-state index contributed by atoms with van der Waals surface area (Å²) in [5, 5.41) is 3.18. The number of nitrogens with zero attached hydrogens (tertiary/aromatic N) is 2. The lowest BCUT2D eigenvalue weighted by molar-refractivity contribution is 0.0811. The molecule has 1 heterocycles. The maximum absolute atomic E-state index is 12.5. The van der Waals surface area contributed by atoms with Gasteiger partial charge < -0.3 is 10.1 Å². The summed E-state index contributed by atoms with van der Waals surface area (Å²) in [4.78, 5) is 30.7. The zero-order valence-corrected chi connectivity index (χ0v) is 14.3. The lowest BCUT2D eigenvalue weighted by Crippen LogP contribution is -2.40. The fraction of sp³-hybridized carbons (Fsp3) is 0.529. The van der Waals surface area contributed by atoms with Crippen molar-refractivity contribution in [1.82, 2.24) is 14.8 Å². The molecule has 132 valence electrons. The number of ether oxygens (including phenoxy) is 1. The van der Waals surface area contributed by atoms with Crippen LogP contribution in [0.5, 0.6) is 0 Å². The minimum Gasteiger partial charge on any atom is -0.383 e. The van der Waals surface area contributed by atoms with Gasteiger partial charge in [0.2, 0.25) is 0 Å². The molecule has 7 nitrogen and oxygen atoms in total. The van der Waals surface area contributed by atoms with Gasteiger partial charge in [0.25, 0.3) is 0 Å². The molecule has 1 aromatic carbocycles. The van der Waals surface area contributed by atoms with E-state index in [4.69, 9.17) is 9.57 Å². The smallest absolute Gasteiger partial charge is 0.383 e. The molecular formula is C17H25N3O4. The molecule has 0 aliphatic carbocycles. The Bertz CT molecular complexity index is 720. The largest absolute Gasteiger partial charge is 0.433 e. The van der Waals surface area contributed by atoms with Gasteiger partial charge in [-0.2, -0.15) is 0 Å². The van der Waals surface area contributed by atoms with E-state index in [0.29, 0.717) is 30.6 Å². The van der Waals surface area contributed by atoms with Crippen LogP contribution in [-0.2, 0) is 11.3 Å². The van der Waals surface area contributed by atoms with Crippen LogP contribution in [0.4, 0.5) is 4.79 Å². The van der Waals surface area contributed by atoms with Crippen LogP contribution >= 0.6 is 0 Å². The van der Waals surface area contributed by atoms with E-state index >= 15 is 0 Å². The first-order valence-electron chi connectivity index (χ1n) is 8.34. The molecule has 1 aromatic heterocycles. The quantitative estimate of drug-likeness (QED) is 0.713. The van der Waals surface area contributed by atoms with Gasteiger partial charge in [-0.3, -0.25) is 9.63 Å². The van der Waals surface area contributed by atoms with Crippen molar-refractivity contribution in [3.05, 3.63) is 34.6 Å². The lowest BCUT2D eigenvalue weighted by Gasteiger charge is -2.12. The fourth-order valence-electron chi connectivity index (χ4n) is 2.52. The summed E-state index contributed by atoms with van der Waals surface area (Å²) in [5.74, 6) is 0. The van der Waals surface area contributed by atoms with Gasteiger partial charge in [0, 0.05) is 13.7 Å². The van der Waals surface area contributed by atoms with Gasteiger partial charge in [0.1, 0.15) is 0 Å². The average Bonchev–Trinajstić information content (AvgIpc) is 2.85. The van der Waals surface area contributed by atoms with Crippen LogP contribution in [0.25, 0.3) is 10.9 Å². The van der Waals surface area contributed by atoms with Crippen molar-refractivity contribution in [2.24, 2.45) is 0 Å². The van der Waals surface area contributed by atoms with E-state index in [1.54, 1.807) is 23.9 Å². The predicted molar refractivity (Wildman–Crippen MR) is 92.2 cm³/mol. The van der Waals surface area contributed by atoms with Crippen LogP contribution in [0.2, 0.25) is 0 Å². The molecule has 7 heteroatoms. The number of benzene rings is 1. The van der Waals surface area contributed by atoms with Gasteiger partial charge in [0.15, 0.2) is 0 Å². The van der Waals surface area contributed by atoms with E-state index in [2.05, 4.69) is 12.2 Å². The number of amides is 1. The molecule has 0 saturated heterocycles. The number of hydrogen-bond donors (Lipinski definition) is 1. The number of carbonyl (C=O) groups is 1. The summed E-state index contributed by atoms with van der Waals surface area (Å²) in [6.07, 6.45) is 3.60. The number of hydrogen-bond acceptors (Lipinski definition) is 4. The molecule has 2 rings (SSSR count). The van der Waals surface area contributed by atoms with Crippen molar-refractivity contribution in [3.8, 4) is 0 Å². The SMILES string of the molecule is CCCCCCNC(=O)On1c(=O)c2ccccc2n1CCOC. The first-order valence-corrected chi connectivity index (χ1v) is 8.34. The Hall–Kier alpha value is -2.28. The second kappa shape index (κ2) is 9.12. The van der Waals surface area contributed by atoms with E-state index < -0.39 is 6.09 Å². The van der Waals surface area contributed by atoms with Gasteiger partial charge in [-0.25, -0.2) is 9.48 Å². The molecule has 1 amide bonds. The Balaban J connectivity index is 2.11. The number of para-hydroxylation sites is 1. The third kappa shape index (κ3) is 4.38. The third-order valence-corrected chi connectivity index (χ3v) is 3.78. The monoisotopic (exact) mass is 335 g/mol. The molecule has 0 radical (unpaired) electrons. The first kappa shape index (κ1) is 18.1.